The quantitative estimate of drug-likeness (QED) is 0.821. The molecule has 0 saturated carbocycles. The molecule has 1 aromatic carbocycles. The summed E-state index contributed by atoms with van der Waals surface area (Å²) < 4.78 is 10.5. The molecule has 0 bridgehead atoms. The first-order valence-corrected chi connectivity index (χ1v) is 5.51. The van der Waals surface area contributed by atoms with E-state index in [-0.39, 0.29) is 11.8 Å². The van der Waals surface area contributed by atoms with Gasteiger partial charge in [0.15, 0.2) is 0 Å². The first-order valence-electron chi connectivity index (χ1n) is 5.51. The molecule has 94 valence electrons. The maximum atomic E-state index is 11.2. The highest BCUT2D eigenvalue weighted by atomic mass is 16.5. The van der Waals surface area contributed by atoms with Crippen LogP contribution in [0.15, 0.2) is 18.2 Å². The van der Waals surface area contributed by atoms with Gasteiger partial charge in [0, 0.05) is 18.0 Å². The molecule has 0 spiro atoms. The Bertz CT molecular complexity index is 390. The summed E-state index contributed by atoms with van der Waals surface area (Å²) in [5.41, 5.74) is 0.935. The highest BCUT2D eigenvalue weighted by Gasteiger charge is 2.17. The lowest BCUT2D eigenvalue weighted by Crippen LogP contribution is -2.19. The van der Waals surface area contributed by atoms with E-state index in [1.165, 1.54) is 0 Å². The number of carbonyl (C=O) groups is 1. The molecule has 4 heteroatoms. The van der Waals surface area contributed by atoms with E-state index in [4.69, 9.17) is 9.47 Å². The van der Waals surface area contributed by atoms with Crippen LogP contribution in [0.1, 0.15) is 24.9 Å². The van der Waals surface area contributed by atoms with Gasteiger partial charge in [-0.3, -0.25) is 4.79 Å². The predicted octanol–water partition coefficient (Wildman–Crippen LogP) is 1.94. The summed E-state index contributed by atoms with van der Waals surface area (Å²) in [6.45, 7) is 1.58. The molecule has 0 saturated heterocycles. The average Bonchev–Trinajstić information content (AvgIpc) is 2.34. The minimum absolute atomic E-state index is 0.0578. The third kappa shape index (κ3) is 3.46. The van der Waals surface area contributed by atoms with Crippen molar-refractivity contribution in [1.29, 1.82) is 0 Å². The summed E-state index contributed by atoms with van der Waals surface area (Å²) in [6.07, 6.45) is 0.431. The third-order valence-electron chi connectivity index (χ3n) is 2.65. The van der Waals surface area contributed by atoms with Crippen LogP contribution in [0.25, 0.3) is 0 Å². The second-order valence-electron chi connectivity index (χ2n) is 3.86. The molecule has 4 nitrogen and oxygen atoms in total. The Balaban J connectivity index is 3.09. The lowest BCUT2D eigenvalue weighted by Gasteiger charge is -2.19. The number of Topliss-reactive ketones (excluding diaryl/α,β-unsaturated/α-hetero) is 1. The average molecular weight is 237 g/mol. The van der Waals surface area contributed by atoms with Crippen molar-refractivity contribution in [2.75, 3.05) is 21.3 Å². The molecule has 1 N–H and O–H groups in total. The van der Waals surface area contributed by atoms with Crippen molar-refractivity contribution in [2.24, 2.45) is 0 Å². The van der Waals surface area contributed by atoms with Gasteiger partial charge in [-0.25, -0.2) is 0 Å². The van der Waals surface area contributed by atoms with Crippen LogP contribution in [0, 0.1) is 0 Å². The molecule has 0 aliphatic heterocycles. The first-order chi connectivity index (χ1) is 8.12. The predicted molar refractivity (Wildman–Crippen MR) is 66.6 cm³/mol. The van der Waals surface area contributed by atoms with Crippen LogP contribution >= 0.6 is 0 Å². The minimum Gasteiger partial charge on any atom is -0.497 e. The van der Waals surface area contributed by atoms with Crippen molar-refractivity contribution in [3.05, 3.63) is 23.8 Å². The molecular formula is C13H19NO3. The van der Waals surface area contributed by atoms with Crippen LogP contribution in [0.2, 0.25) is 0 Å². The Morgan fingerprint density at radius 3 is 2.53 bits per heavy atom. The fourth-order valence-corrected chi connectivity index (χ4v) is 1.77. The Labute approximate surface area is 102 Å². The first kappa shape index (κ1) is 13.5. The smallest absolute Gasteiger partial charge is 0.131 e. The number of benzene rings is 1. The van der Waals surface area contributed by atoms with Crippen molar-refractivity contribution in [2.45, 2.75) is 19.4 Å². The zero-order chi connectivity index (χ0) is 12.8. The number of rotatable bonds is 6. The second-order valence-corrected chi connectivity index (χ2v) is 3.86. The van der Waals surface area contributed by atoms with Crippen LogP contribution in [-0.4, -0.2) is 27.1 Å². The summed E-state index contributed by atoms with van der Waals surface area (Å²) in [7, 11) is 5.06. The van der Waals surface area contributed by atoms with Gasteiger partial charge in [0.1, 0.15) is 17.3 Å². The molecule has 0 aromatic heterocycles. The van der Waals surface area contributed by atoms with E-state index in [1.807, 2.05) is 25.2 Å². The van der Waals surface area contributed by atoms with Gasteiger partial charge in [-0.05, 0) is 32.2 Å². The standard InChI is InChI=1S/C13H19NO3/c1-9(15)7-12(14-2)11-8-10(16-3)5-6-13(11)17-4/h5-6,8,12,14H,7H2,1-4H3. The monoisotopic (exact) mass is 237 g/mol. The second kappa shape index (κ2) is 6.25. The van der Waals surface area contributed by atoms with Gasteiger partial charge < -0.3 is 14.8 Å². The molecule has 0 aliphatic rings. The van der Waals surface area contributed by atoms with E-state index in [0.29, 0.717) is 6.42 Å². The van der Waals surface area contributed by atoms with E-state index in [1.54, 1.807) is 21.1 Å². The number of carbonyl (C=O) groups excluding carboxylic acids is 1. The normalized spacial score (nSPS) is 12.0. The maximum absolute atomic E-state index is 11.2. The lowest BCUT2D eigenvalue weighted by atomic mass is 10.0. The van der Waals surface area contributed by atoms with Crippen LogP contribution in [0.3, 0.4) is 0 Å². The highest BCUT2D eigenvalue weighted by Crippen LogP contribution is 2.30. The number of ether oxygens (including phenoxy) is 2. The molecule has 0 heterocycles. The van der Waals surface area contributed by atoms with Gasteiger partial charge in [0.25, 0.3) is 0 Å². The van der Waals surface area contributed by atoms with Crippen molar-refractivity contribution in [3.8, 4) is 11.5 Å². The number of ketones is 1. The Morgan fingerprint density at radius 1 is 1.35 bits per heavy atom. The van der Waals surface area contributed by atoms with Gasteiger partial charge >= 0.3 is 0 Å². The topological polar surface area (TPSA) is 47.6 Å². The molecule has 1 aromatic rings. The van der Waals surface area contributed by atoms with Gasteiger partial charge in [-0.2, -0.15) is 0 Å². The fraction of sp³-hybridized carbons (Fsp3) is 0.462. The van der Waals surface area contributed by atoms with Crippen LogP contribution in [0.5, 0.6) is 11.5 Å². The molecular weight excluding hydrogens is 218 g/mol. The molecule has 0 amide bonds. The van der Waals surface area contributed by atoms with Crippen LogP contribution < -0.4 is 14.8 Å². The molecule has 0 fully saturated rings. The van der Waals surface area contributed by atoms with Gasteiger partial charge in [0.05, 0.1) is 14.2 Å². The highest BCUT2D eigenvalue weighted by molar-refractivity contribution is 5.76. The van der Waals surface area contributed by atoms with E-state index in [2.05, 4.69) is 5.32 Å². The van der Waals surface area contributed by atoms with Crippen molar-refractivity contribution in [3.63, 3.8) is 0 Å². The molecule has 1 unspecified atom stereocenters. The summed E-state index contributed by atoms with van der Waals surface area (Å²) in [4.78, 5) is 11.2. The van der Waals surface area contributed by atoms with E-state index in [0.717, 1.165) is 17.1 Å². The van der Waals surface area contributed by atoms with Gasteiger partial charge in [-0.1, -0.05) is 0 Å². The van der Waals surface area contributed by atoms with Crippen molar-refractivity contribution >= 4 is 5.78 Å². The molecule has 0 radical (unpaired) electrons. The van der Waals surface area contributed by atoms with Crippen molar-refractivity contribution < 1.29 is 14.3 Å². The van der Waals surface area contributed by atoms with E-state index < -0.39 is 0 Å². The molecule has 0 aliphatic carbocycles. The molecule has 17 heavy (non-hydrogen) atoms. The summed E-state index contributed by atoms with van der Waals surface area (Å²) in [6, 6.07) is 5.52. The third-order valence-corrected chi connectivity index (χ3v) is 2.65. The number of hydrogen-bond acceptors (Lipinski definition) is 4. The number of nitrogens with one attached hydrogen (secondary N) is 1. The van der Waals surface area contributed by atoms with Crippen LogP contribution in [0.4, 0.5) is 0 Å². The fourth-order valence-electron chi connectivity index (χ4n) is 1.77. The maximum Gasteiger partial charge on any atom is 0.131 e. The van der Waals surface area contributed by atoms with Crippen LogP contribution in [-0.2, 0) is 4.79 Å². The SMILES string of the molecule is CNC(CC(C)=O)c1cc(OC)ccc1OC. The molecule has 1 rings (SSSR count). The van der Waals surface area contributed by atoms with Gasteiger partial charge in [0.2, 0.25) is 0 Å². The lowest BCUT2D eigenvalue weighted by molar-refractivity contribution is -0.117. The van der Waals surface area contributed by atoms with Crippen molar-refractivity contribution in [1.82, 2.24) is 5.32 Å². The zero-order valence-electron chi connectivity index (χ0n) is 10.7. The number of methoxy groups -OCH3 is 2. The Hall–Kier alpha value is -1.55. The molecule has 1 atom stereocenters. The summed E-state index contributed by atoms with van der Waals surface area (Å²) in [5.74, 6) is 1.64. The van der Waals surface area contributed by atoms with Gasteiger partial charge in [-0.15, -0.1) is 0 Å². The minimum atomic E-state index is -0.0578. The zero-order valence-corrected chi connectivity index (χ0v) is 10.7. The largest absolute Gasteiger partial charge is 0.497 e. The summed E-state index contributed by atoms with van der Waals surface area (Å²) >= 11 is 0. The summed E-state index contributed by atoms with van der Waals surface area (Å²) in [5, 5.41) is 3.12. The Morgan fingerprint density at radius 2 is 2.06 bits per heavy atom. The Kier molecular flexibility index (Phi) is 4.97. The van der Waals surface area contributed by atoms with E-state index in [9.17, 15) is 4.79 Å². The number of hydrogen-bond donors (Lipinski definition) is 1. The van der Waals surface area contributed by atoms with E-state index >= 15 is 0 Å².